The van der Waals surface area contributed by atoms with E-state index in [1.807, 2.05) is 13.0 Å². The van der Waals surface area contributed by atoms with E-state index >= 15 is 0 Å². The van der Waals surface area contributed by atoms with Crippen molar-refractivity contribution in [2.45, 2.75) is 13.3 Å². The first-order valence-electron chi connectivity index (χ1n) is 6.10. The summed E-state index contributed by atoms with van der Waals surface area (Å²) < 4.78 is 0. The highest BCUT2D eigenvalue weighted by Crippen LogP contribution is 2.15. The summed E-state index contributed by atoms with van der Waals surface area (Å²) in [5, 5.41) is 6.78. The average Bonchev–Trinajstić information content (AvgIpc) is 2.40. The minimum Gasteiger partial charge on any atom is -0.348 e. The van der Waals surface area contributed by atoms with Crippen LogP contribution in [0.25, 0.3) is 0 Å². The molecule has 0 unspecified atom stereocenters. The van der Waals surface area contributed by atoms with Crippen molar-refractivity contribution < 1.29 is 4.79 Å². The molecular weight excluding hydrogens is 248 g/mol. The Kier molecular flexibility index (Phi) is 4.39. The van der Waals surface area contributed by atoms with Crippen LogP contribution in [0.1, 0.15) is 22.3 Å². The number of carbonyl (C=O) groups is 1. The molecule has 2 N–H and O–H groups in total. The maximum atomic E-state index is 12.0. The van der Waals surface area contributed by atoms with Crippen molar-refractivity contribution in [2.75, 3.05) is 19.6 Å². The van der Waals surface area contributed by atoms with Crippen LogP contribution in [0.5, 0.6) is 0 Å². The Morgan fingerprint density at radius 3 is 3.06 bits per heavy atom. The standard InChI is InChI=1S/C14H17ClN2O/c1-10-2-3-12(15)8-13(10)14(18)17-9-11-4-6-16-7-5-11/h2-4,8,16H,5-7,9H2,1H3,(H,17,18). The second kappa shape index (κ2) is 6.03. The maximum absolute atomic E-state index is 12.0. The molecule has 0 aliphatic carbocycles. The van der Waals surface area contributed by atoms with Gasteiger partial charge in [-0.15, -0.1) is 0 Å². The van der Waals surface area contributed by atoms with Gasteiger partial charge in [0.1, 0.15) is 0 Å². The summed E-state index contributed by atoms with van der Waals surface area (Å²) in [6.45, 7) is 4.40. The summed E-state index contributed by atoms with van der Waals surface area (Å²) in [6.07, 6.45) is 3.13. The molecule has 0 aromatic heterocycles. The SMILES string of the molecule is Cc1ccc(Cl)cc1C(=O)NCC1=CCNCC1. The van der Waals surface area contributed by atoms with Gasteiger partial charge in [0.05, 0.1) is 0 Å². The second-order valence-electron chi connectivity index (χ2n) is 4.46. The number of amides is 1. The molecule has 1 amide bonds. The minimum atomic E-state index is -0.0607. The van der Waals surface area contributed by atoms with E-state index in [-0.39, 0.29) is 5.91 Å². The van der Waals surface area contributed by atoms with Crippen molar-refractivity contribution >= 4 is 17.5 Å². The van der Waals surface area contributed by atoms with Crippen LogP contribution >= 0.6 is 11.6 Å². The van der Waals surface area contributed by atoms with Crippen molar-refractivity contribution in [1.82, 2.24) is 10.6 Å². The number of hydrogen-bond acceptors (Lipinski definition) is 2. The Balaban J connectivity index is 1.99. The van der Waals surface area contributed by atoms with Gasteiger partial charge in [0.2, 0.25) is 0 Å². The average molecular weight is 265 g/mol. The van der Waals surface area contributed by atoms with Crippen molar-refractivity contribution in [3.05, 3.63) is 46.0 Å². The van der Waals surface area contributed by atoms with Gasteiger partial charge in [0, 0.05) is 23.7 Å². The molecule has 1 aliphatic rings. The summed E-state index contributed by atoms with van der Waals surface area (Å²) in [5.74, 6) is -0.0607. The Labute approximate surface area is 112 Å². The van der Waals surface area contributed by atoms with Crippen molar-refractivity contribution in [3.63, 3.8) is 0 Å². The van der Waals surface area contributed by atoms with Crippen molar-refractivity contribution in [3.8, 4) is 0 Å². The lowest BCUT2D eigenvalue weighted by molar-refractivity contribution is 0.0956. The van der Waals surface area contributed by atoms with Crippen LogP contribution in [0.4, 0.5) is 0 Å². The molecule has 0 radical (unpaired) electrons. The molecule has 0 fully saturated rings. The maximum Gasteiger partial charge on any atom is 0.251 e. The van der Waals surface area contributed by atoms with Gasteiger partial charge in [-0.05, 0) is 37.6 Å². The molecule has 96 valence electrons. The monoisotopic (exact) mass is 264 g/mol. The summed E-state index contributed by atoms with van der Waals surface area (Å²) in [5.41, 5.74) is 2.87. The van der Waals surface area contributed by atoms with Gasteiger partial charge in [-0.2, -0.15) is 0 Å². The number of carbonyl (C=O) groups excluding carboxylic acids is 1. The highest BCUT2D eigenvalue weighted by atomic mass is 35.5. The quantitative estimate of drug-likeness (QED) is 0.823. The summed E-state index contributed by atoms with van der Waals surface area (Å²) in [6, 6.07) is 5.37. The third kappa shape index (κ3) is 3.34. The van der Waals surface area contributed by atoms with Crippen LogP contribution in [-0.2, 0) is 0 Å². The van der Waals surface area contributed by atoms with Gasteiger partial charge in [0.25, 0.3) is 5.91 Å². The van der Waals surface area contributed by atoms with Crippen LogP contribution in [0.15, 0.2) is 29.8 Å². The molecule has 18 heavy (non-hydrogen) atoms. The van der Waals surface area contributed by atoms with Gasteiger partial charge in [-0.1, -0.05) is 29.3 Å². The molecule has 4 heteroatoms. The van der Waals surface area contributed by atoms with Crippen LogP contribution in [0, 0.1) is 6.92 Å². The molecule has 0 saturated heterocycles. The number of hydrogen-bond donors (Lipinski definition) is 2. The fraction of sp³-hybridized carbons (Fsp3) is 0.357. The van der Waals surface area contributed by atoms with Crippen molar-refractivity contribution in [2.24, 2.45) is 0 Å². The van der Waals surface area contributed by atoms with Crippen LogP contribution in [0.2, 0.25) is 5.02 Å². The molecule has 1 aliphatic heterocycles. The molecule has 0 bridgehead atoms. The van der Waals surface area contributed by atoms with Crippen LogP contribution < -0.4 is 10.6 Å². The molecule has 0 saturated carbocycles. The van der Waals surface area contributed by atoms with E-state index in [0.717, 1.165) is 25.1 Å². The Morgan fingerprint density at radius 2 is 2.33 bits per heavy atom. The summed E-state index contributed by atoms with van der Waals surface area (Å²) in [4.78, 5) is 12.0. The normalized spacial score (nSPS) is 15.1. The van der Waals surface area contributed by atoms with E-state index in [9.17, 15) is 4.79 Å². The fourth-order valence-electron chi connectivity index (χ4n) is 1.96. The van der Waals surface area contributed by atoms with Gasteiger partial charge < -0.3 is 10.6 Å². The van der Waals surface area contributed by atoms with E-state index < -0.39 is 0 Å². The molecule has 3 nitrogen and oxygen atoms in total. The van der Waals surface area contributed by atoms with Gasteiger partial charge >= 0.3 is 0 Å². The molecule has 1 aromatic carbocycles. The third-order valence-corrected chi connectivity index (χ3v) is 3.31. The van der Waals surface area contributed by atoms with E-state index in [1.165, 1.54) is 5.57 Å². The number of rotatable bonds is 3. The second-order valence-corrected chi connectivity index (χ2v) is 4.89. The predicted molar refractivity (Wildman–Crippen MR) is 74.1 cm³/mol. The first-order chi connectivity index (χ1) is 8.66. The highest BCUT2D eigenvalue weighted by molar-refractivity contribution is 6.31. The lowest BCUT2D eigenvalue weighted by atomic mass is 10.1. The third-order valence-electron chi connectivity index (χ3n) is 3.08. The molecule has 0 spiro atoms. The number of benzene rings is 1. The Bertz CT molecular complexity index is 483. The van der Waals surface area contributed by atoms with E-state index in [2.05, 4.69) is 16.7 Å². The van der Waals surface area contributed by atoms with Crippen LogP contribution in [-0.4, -0.2) is 25.5 Å². The molecule has 0 atom stereocenters. The first-order valence-corrected chi connectivity index (χ1v) is 6.47. The topological polar surface area (TPSA) is 41.1 Å². The Hall–Kier alpha value is -1.32. The van der Waals surface area contributed by atoms with Gasteiger partial charge in [0.15, 0.2) is 0 Å². The lowest BCUT2D eigenvalue weighted by Crippen LogP contribution is -2.30. The summed E-state index contributed by atoms with van der Waals surface area (Å²) >= 11 is 5.91. The Morgan fingerprint density at radius 1 is 1.50 bits per heavy atom. The van der Waals surface area contributed by atoms with Gasteiger partial charge in [-0.25, -0.2) is 0 Å². The van der Waals surface area contributed by atoms with Gasteiger partial charge in [-0.3, -0.25) is 4.79 Å². The largest absolute Gasteiger partial charge is 0.348 e. The minimum absolute atomic E-state index is 0.0607. The predicted octanol–water partition coefficient (Wildman–Crippen LogP) is 2.30. The molecule has 2 rings (SSSR count). The number of aryl methyl sites for hydroxylation is 1. The smallest absolute Gasteiger partial charge is 0.251 e. The highest BCUT2D eigenvalue weighted by Gasteiger charge is 2.10. The number of halogens is 1. The van der Waals surface area contributed by atoms with E-state index in [1.54, 1.807) is 12.1 Å². The number of nitrogens with one attached hydrogen (secondary N) is 2. The zero-order chi connectivity index (χ0) is 13.0. The fourth-order valence-corrected chi connectivity index (χ4v) is 2.13. The molecular formula is C14H17ClN2O. The zero-order valence-corrected chi connectivity index (χ0v) is 11.2. The van der Waals surface area contributed by atoms with E-state index in [4.69, 9.17) is 11.6 Å². The van der Waals surface area contributed by atoms with Crippen LogP contribution in [0.3, 0.4) is 0 Å². The van der Waals surface area contributed by atoms with Crippen molar-refractivity contribution in [1.29, 1.82) is 0 Å². The summed E-state index contributed by atoms with van der Waals surface area (Å²) in [7, 11) is 0. The molecule has 1 heterocycles. The first kappa shape index (κ1) is 13.1. The lowest BCUT2D eigenvalue weighted by Gasteiger charge is -2.15. The van der Waals surface area contributed by atoms with E-state index in [0.29, 0.717) is 17.1 Å². The zero-order valence-electron chi connectivity index (χ0n) is 10.4. The molecule has 1 aromatic rings.